The van der Waals surface area contributed by atoms with Gasteiger partial charge in [0, 0.05) is 37.8 Å². The molecule has 118 valence electrons. The number of rotatable bonds is 5. The molecule has 0 saturated carbocycles. The second-order valence-corrected chi connectivity index (χ2v) is 5.62. The first-order valence-electron chi connectivity index (χ1n) is 7.29. The normalized spacial score (nSPS) is 15.7. The smallest absolute Gasteiger partial charge is 0.308 e. The van der Waals surface area contributed by atoms with E-state index in [1.54, 1.807) is 43.1 Å². The standard InChI is InChI=1S/C16H20N2O4/c1-11(16(21)22)10-17(2)15(20)12-5-7-13(8-6-12)18-9-3-4-14(18)19/h5-8,11H,3-4,9-10H2,1-2H3,(H,21,22). The molecule has 1 aliphatic rings. The highest BCUT2D eigenvalue weighted by atomic mass is 16.4. The maximum absolute atomic E-state index is 12.3. The SMILES string of the molecule is CC(CN(C)C(=O)c1ccc(N2CCCC2=O)cc1)C(=O)O. The van der Waals surface area contributed by atoms with Gasteiger partial charge in [0.2, 0.25) is 5.91 Å². The fourth-order valence-corrected chi connectivity index (χ4v) is 2.50. The number of carboxylic acid groups (broad SMARTS) is 1. The van der Waals surface area contributed by atoms with Gasteiger partial charge in [0.1, 0.15) is 0 Å². The Hall–Kier alpha value is -2.37. The Bertz CT molecular complexity index is 582. The number of hydrogen-bond acceptors (Lipinski definition) is 3. The summed E-state index contributed by atoms with van der Waals surface area (Å²) < 4.78 is 0. The third-order valence-electron chi connectivity index (χ3n) is 3.82. The monoisotopic (exact) mass is 304 g/mol. The fourth-order valence-electron chi connectivity index (χ4n) is 2.50. The van der Waals surface area contributed by atoms with Crippen LogP contribution in [0.25, 0.3) is 0 Å². The van der Waals surface area contributed by atoms with Gasteiger partial charge in [-0.25, -0.2) is 0 Å². The molecule has 0 spiro atoms. The second-order valence-electron chi connectivity index (χ2n) is 5.62. The fraction of sp³-hybridized carbons (Fsp3) is 0.438. The van der Waals surface area contributed by atoms with E-state index >= 15 is 0 Å². The third kappa shape index (κ3) is 3.44. The minimum atomic E-state index is -0.928. The van der Waals surface area contributed by atoms with Crippen LogP contribution in [0.1, 0.15) is 30.1 Å². The average molecular weight is 304 g/mol. The molecular weight excluding hydrogens is 284 g/mol. The number of anilines is 1. The highest BCUT2D eigenvalue weighted by Crippen LogP contribution is 2.22. The third-order valence-corrected chi connectivity index (χ3v) is 3.82. The van der Waals surface area contributed by atoms with Crippen molar-refractivity contribution >= 4 is 23.5 Å². The molecular formula is C16H20N2O4. The Balaban J connectivity index is 2.04. The van der Waals surface area contributed by atoms with Crippen LogP contribution < -0.4 is 4.90 Å². The molecule has 0 bridgehead atoms. The number of benzene rings is 1. The van der Waals surface area contributed by atoms with Crippen LogP contribution in [0.3, 0.4) is 0 Å². The van der Waals surface area contributed by atoms with Crippen LogP contribution in [0.4, 0.5) is 5.69 Å². The van der Waals surface area contributed by atoms with Crippen LogP contribution in [0.2, 0.25) is 0 Å². The molecule has 1 heterocycles. The Morgan fingerprint density at radius 3 is 2.45 bits per heavy atom. The van der Waals surface area contributed by atoms with Crippen LogP contribution in [-0.2, 0) is 9.59 Å². The molecule has 2 rings (SSSR count). The number of hydrogen-bond donors (Lipinski definition) is 1. The summed E-state index contributed by atoms with van der Waals surface area (Å²) in [6, 6.07) is 6.85. The van der Waals surface area contributed by atoms with Crippen molar-refractivity contribution in [3.05, 3.63) is 29.8 Å². The van der Waals surface area contributed by atoms with Gasteiger partial charge in [0.25, 0.3) is 5.91 Å². The minimum absolute atomic E-state index is 0.103. The van der Waals surface area contributed by atoms with Gasteiger partial charge in [0.05, 0.1) is 5.92 Å². The molecule has 0 aliphatic carbocycles. The zero-order chi connectivity index (χ0) is 16.3. The van der Waals surface area contributed by atoms with Gasteiger partial charge in [-0.15, -0.1) is 0 Å². The first kappa shape index (κ1) is 16.0. The van der Waals surface area contributed by atoms with E-state index in [-0.39, 0.29) is 18.4 Å². The number of nitrogens with zero attached hydrogens (tertiary/aromatic N) is 2. The summed E-state index contributed by atoms with van der Waals surface area (Å²) in [7, 11) is 1.58. The summed E-state index contributed by atoms with van der Waals surface area (Å²) in [4.78, 5) is 37.9. The van der Waals surface area contributed by atoms with Crippen LogP contribution in [0.15, 0.2) is 24.3 Å². The van der Waals surface area contributed by atoms with E-state index in [1.165, 1.54) is 4.90 Å². The lowest BCUT2D eigenvalue weighted by atomic mass is 10.1. The highest BCUT2D eigenvalue weighted by Gasteiger charge is 2.22. The first-order chi connectivity index (χ1) is 10.4. The number of carboxylic acids is 1. The van der Waals surface area contributed by atoms with E-state index in [0.717, 1.165) is 12.1 Å². The molecule has 2 amide bonds. The number of carbonyl (C=O) groups is 3. The molecule has 1 atom stereocenters. The van der Waals surface area contributed by atoms with Gasteiger partial charge >= 0.3 is 5.97 Å². The minimum Gasteiger partial charge on any atom is -0.481 e. The van der Waals surface area contributed by atoms with E-state index in [1.807, 2.05) is 0 Å². The van der Waals surface area contributed by atoms with Gasteiger partial charge in [-0.2, -0.15) is 0 Å². The van der Waals surface area contributed by atoms with Crippen molar-refractivity contribution < 1.29 is 19.5 Å². The van der Waals surface area contributed by atoms with Gasteiger partial charge in [-0.05, 0) is 30.7 Å². The van der Waals surface area contributed by atoms with Crippen molar-refractivity contribution in [1.82, 2.24) is 4.90 Å². The molecule has 1 fully saturated rings. The van der Waals surface area contributed by atoms with E-state index in [0.29, 0.717) is 18.5 Å². The lowest BCUT2D eigenvalue weighted by Crippen LogP contribution is -2.33. The van der Waals surface area contributed by atoms with Crippen LogP contribution in [0, 0.1) is 5.92 Å². The van der Waals surface area contributed by atoms with Gasteiger partial charge in [-0.1, -0.05) is 6.92 Å². The first-order valence-corrected chi connectivity index (χ1v) is 7.29. The zero-order valence-corrected chi connectivity index (χ0v) is 12.8. The van der Waals surface area contributed by atoms with Gasteiger partial charge in [0.15, 0.2) is 0 Å². The van der Waals surface area contributed by atoms with Crippen LogP contribution in [0.5, 0.6) is 0 Å². The molecule has 1 N–H and O–H groups in total. The molecule has 1 saturated heterocycles. The van der Waals surface area contributed by atoms with Crippen molar-refractivity contribution in [2.75, 3.05) is 25.0 Å². The maximum Gasteiger partial charge on any atom is 0.308 e. The van der Waals surface area contributed by atoms with Crippen molar-refractivity contribution in [2.45, 2.75) is 19.8 Å². The molecule has 1 aliphatic heterocycles. The van der Waals surface area contributed by atoms with Gasteiger partial charge < -0.3 is 14.9 Å². The molecule has 22 heavy (non-hydrogen) atoms. The summed E-state index contributed by atoms with van der Waals surface area (Å²) >= 11 is 0. The van der Waals surface area contributed by atoms with Gasteiger partial charge in [-0.3, -0.25) is 14.4 Å². The van der Waals surface area contributed by atoms with E-state index in [4.69, 9.17) is 5.11 Å². The molecule has 6 nitrogen and oxygen atoms in total. The van der Waals surface area contributed by atoms with Crippen molar-refractivity contribution in [3.63, 3.8) is 0 Å². The van der Waals surface area contributed by atoms with Crippen LogP contribution >= 0.6 is 0 Å². The van der Waals surface area contributed by atoms with Crippen LogP contribution in [-0.4, -0.2) is 47.9 Å². The van der Waals surface area contributed by atoms with E-state index in [9.17, 15) is 14.4 Å². The Labute approximate surface area is 129 Å². The number of carbonyl (C=O) groups excluding carboxylic acids is 2. The largest absolute Gasteiger partial charge is 0.481 e. The quantitative estimate of drug-likeness (QED) is 0.896. The van der Waals surface area contributed by atoms with Crippen molar-refractivity contribution in [1.29, 1.82) is 0 Å². The molecule has 1 unspecified atom stereocenters. The molecule has 6 heteroatoms. The maximum atomic E-state index is 12.3. The Morgan fingerprint density at radius 2 is 1.95 bits per heavy atom. The summed E-state index contributed by atoms with van der Waals surface area (Å²) in [5.41, 5.74) is 1.27. The predicted molar refractivity (Wildman–Crippen MR) is 81.8 cm³/mol. The van der Waals surface area contributed by atoms with E-state index < -0.39 is 11.9 Å². The topological polar surface area (TPSA) is 77.9 Å². The van der Waals surface area contributed by atoms with E-state index in [2.05, 4.69) is 0 Å². The predicted octanol–water partition coefficient (Wildman–Crippen LogP) is 1.61. The Morgan fingerprint density at radius 1 is 1.32 bits per heavy atom. The lowest BCUT2D eigenvalue weighted by molar-refractivity contribution is -0.141. The van der Waals surface area contributed by atoms with Crippen molar-refractivity contribution in [3.8, 4) is 0 Å². The average Bonchev–Trinajstić information content (AvgIpc) is 2.92. The Kier molecular flexibility index (Phi) is 4.80. The van der Waals surface area contributed by atoms with Crippen molar-refractivity contribution in [2.24, 2.45) is 5.92 Å². The summed E-state index contributed by atoms with van der Waals surface area (Å²) in [6.07, 6.45) is 1.42. The number of amides is 2. The zero-order valence-electron chi connectivity index (χ0n) is 12.8. The lowest BCUT2D eigenvalue weighted by Gasteiger charge is -2.20. The second kappa shape index (κ2) is 6.60. The summed E-state index contributed by atoms with van der Waals surface area (Å²) in [5.74, 6) is -1.67. The summed E-state index contributed by atoms with van der Waals surface area (Å²) in [6.45, 7) is 2.43. The number of aliphatic carboxylic acids is 1. The highest BCUT2D eigenvalue weighted by molar-refractivity contribution is 5.97. The molecule has 1 aromatic rings. The molecule has 1 aromatic carbocycles. The summed E-state index contributed by atoms with van der Waals surface area (Å²) in [5, 5.41) is 8.89. The molecule has 0 aromatic heterocycles. The molecule has 0 radical (unpaired) electrons.